The zero-order chi connectivity index (χ0) is 9.80. The van der Waals surface area contributed by atoms with Crippen LogP contribution in [0.4, 0.5) is 0 Å². The van der Waals surface area contributed by atoms with Crippen molar-refractivity contribution < 1.29 is 4.74 Å². The van der Waals surface area contributed by atoms with Crippen LogP contribution < -0.4 is 4.74 Å². The summed E-state index contributed by atoms with van der Waals surface area (Å²) in [4.78, 5) is 0. The highest BCUT2D eigenvalue weighted by Crippen LogP contribution is 2.25. The Kier molecular flexibility index (Phi) is 3.46. The van der Waals surface area contributed by atoms with Crippen molar-refractivity contribution in [1.82, 2.24) is 0 Å². The second-order valence-corrected chi connectivity index (χ2v) is 4.75. The van der Waals surface area contributed by atoms with E-state index in [1.807, 2.05) is 24.3 Å². The number of ether oxygens (including phenoxy) is 1. The molecule has 1 nitrogen and oxygen atoms in total. The molecule has 2 heteroatoms. The molecular weight excluding hydrogens is 240 g/mol. The van der Waals surface area contributed by atoms with Gasteiger partial charge in [-0.15, -0.1) is 0 Å². The molecule has 0 radical (unpaired) electrons. The van der Waals surface area contributed by atoms with Gasteiger partial charge >= 0.3 is 0 Å². The molecule has 0 N–H and O–H groups in total. The van der Waals surface area contributed by atoms with Crippen molar-refractivity contribution in [2.45, 2.75) is 38.2 Å². The Bertz CT molecular complexity index is 292. The van der Waals surface area contributed by atoms with Crippen molar-refractivity contribution >= 4 is 15.9 Å². The quantitative estimate of drug-likeness (QED) is 0.770. The molecular formula is C12H15BrO. The lowest BCUT2D eigenvalue weighted by molar-refractivity contribution is 0.155. The Morgan fingerprint density at radius 1 is 1.14 bits per heavy atom. The van der Waals surface area contributed by atoms with Gasteiger partial charge in [0.2, 0.25) is 0 Å². The molecule has 1 aliphatic rings. The average molecular weight is 255 g/mol. The van der Waals surface area contributed by atoms with Gasteiger partial charge < -0.3 is 4.74 Å². The summed E-state index contributed by atoms with van der Waals surface area (Å²) in [6, 6.07) is 8.10. The van der Waals surface area contributed by atoms with E-state index in [1.165, 1.54) is 32.1 Å². The fraction of sp³-hybridized carbons (Fsp3) is 0.500. The molecule has 1 aromatic rings. The fourth-order valence-electron chi connectivity index (χ4n) is 1.92. The van der Waals surface area contributed by atoms with E-state index in [4.69, 9.17) is 4.74 Å². The summed E-state index contributed by atoms with van der Waals surface area (Å²) < 4.78 is 6.99. The molecule has 0 bridgehead atoms. The summed E-state index contributed by atoms with van der Waals surface area (Å²) in [7, 11) is 0. The van der Waals surface area contributed by atoms with Gasteiger partial charge in [-0.3, -0.25) is 0 Å². The topological polar surface area (TPSA) is 9.23 Å². The van der Waals surface area contributed by atoms with E-state index in [1.54, 1.807) is 0 Å². The fourth-order valence-corrected chi connectivity index (χ4v) is 2.29. The van der Waals surface area contributed by atoms with Gasteiger partial charge in [0.15, 0.2) is 0 Å². The molecule has 0 aliphatic heterocycles. The maximum atomic E-state index is 5.91. The number of benzene rings is 1. The number of halogens is 1. The third kappa shape index (κ3) is 2.74. The SMILES string of the molecule is Brc1cccc(OC2CCCCC2)c1. The molecule has 76 valence electrons. The van der Waals surface area contributed by atoms with Gasteiger partial charge in [0.05, 0.1) is 6.10 Å². The maximum absolute atomic E-state index is 5.91. The molecule has 2 rings (SSSR count). The maximum Gasteiger partial charge on any atom is 0.120 e. The molecule has 0 spiro atoms. The molecule has 1 aliphatic carbocycles. The highest BCUT2D eigenvalue weighted by molar-refractivity contribution is 9.10. The third-order valence-electron chi connectivity index (χ3n) is 2.65. The van der Waals surface area contributed by atoms with Crippen LogP contribution >= 0.6 is 15.9 Å². The number of hydrogen-bond donors (Lipinski definition) is 0. The van der Waals surface area contributed by atoms with E-state index in [9.17, 15) is 0 Å². The van der Waals surface area contributed by atoms with Crippen LogP contribution in [0, 0.1) is 0 Å². The first-order valence-corrected chi connectivity index (χ1v) is 6.06. The van der Waals surface area contributed by atoms with E-state index in [0.29, 0.717) is 6.10 Å². The molecule has 0 aromatic heterocycles. The first-order valence-electron chi connectivity index (χ1n) is 5.27. The zero-order valence-electron chi connectivity index (χ0n) is 8.21. The van der Waals surface area contributed by atoms with Gasteiger partial charge in [0.25, 0.3) is 0 Å². The van der Waals surface area contributed by atoms with Crippen molar-refractivity contribution in [2.24, 2.45) is 0 Å². The van der Waals surface area contributed by atoms with Gasteiger partial charge in [-0.25, -0.2) is 0 Å². The highest BCUT2D eigenvalue weighted by Gasteiger charge is 2.14. The second kappa shape index (κ2) is 4.83. The van der Waals surface area contributed by atoms with Crippen molar-refractivity contribution in [2.75, 3.05) is 0 Å². The molecule has 0 atom stereocenters. The standard InChI is InChI=1S/C12H15BrO/c13-10-5-4-8-12(9-10)14-11-6-2-1-3-7-11/h4-5,8-9,11H,1-3,6-7H2. The Balaban J connectivity index is 1.95. The highest BCUT2D eigenvalue weighted by atomic mass is 79.9. The summed E-state index contributed by atoms with van der Waals surface area (Å²) in [5.41, 5.74) is 0. The molecule has 1 fully saturated rings. The molecule has 0 amide bonds. The van der Waals surface area contributed by atoms with Crippen molar-refractivity contribution in [3.8, 4) is 5.75 Å². The molecule has 0 saturated heterocycles. The van der Waals surface area contributed by atoms with E-state index >= 15 is 0 Å². The van der Waals surface area contributed by atoms with Gasteiger partial charge in [0.1, 0.15) is 5.75 Å². The van der Waals surface area contributed by atoms with Gasteiger partial charge in [-0.1, -0.05) is 28.4 Å². The predicted molar refractivity (Wildman–Crippen MR) is 61.6 cm³/mol. The largest absolute Gasteiger partial charge is 0.490 e. The van der Waals surface area contributed by atoms with Crippen LogP contribution in [0.25, 0.3) is 0 Å². The van der Waals surface area contributed by atoms with Crippen LogP contribution in [0.15, 0.2) is 28.7 Å². The van der Waals surface area contributed by atoms with Gasteiger partial charge in [0, 0.05) is 4.47 Å². The lowest BCUT2D eigenvalue weighted by atomic mass is 9.98. The Labute approximate surface area is 93.6 Å². The number of rotatable bonds is 2. The molecule has 1 aromatic carbocycles. The molecule has 0 unspecified atom stereocenters. The Morgan fingerprint density at radius 2 is 1.93 bits per heavy atom. The van der Waals surface area contributed by atoms with E-state index in [2.05, 4.69) is 15.9 Å². The summed E-state index contributed by atoms with van der Waals surface area (Å²) in [5.74, 6) is 0.992. The zero-order valence-corrected chi connectivity index (χ0v) is 9.79. The summed E-state index contributed by atoms with van der Waals surface area (Å²) in [6.45, 7) is 0. The normalized spacial score (nSPS) is 18.1. The predicted octanol–water partition coefficient (Wildman–Crippen LogP) is 4.16. The van der Waals surface area contributed by atoms with Crippen LogP contribution in [-0.2, 0) is 0 Å². The van der Waals surface area contributed by atoms with Gasteiger partial charge in [-0.2, -0.15) is 0 Å². The average Bonchev–Trinajstić information content (AvgIpc) is 2.19. The minimum absolute atomic E-state index is 0.443. The minimum Gasteiger partial charge on any atom is -0.490 e. The van der Waals surface area contributed by atoms with Crippen molar-refractivity contribution in [3.63, 3.8) is 0 Å². The van der Waals surface area contributed by atoms with Crippen molar-refractivity contribution in [1.29, 1.82) is 0 Å². The summed E-state index contributed by atoms with van der Waals surface area (Å²) >= 11 is 3.45. The second-order valence-electron chi connectivity index (χ2n) is 3.84. The first-order chi connectivity index (χ1) is 6.84. The number of hydrogen-bond acceptors (Lipinski definition) is 1. The Morgan fingerprint density at radius 3 is 2.64 bits per heavy atom. The van der Waals surface area contributed by atoms with E-state index in [-0.39, 0.29) is 0 Å². The molecule has 14 heavy (non-hydrogen) atoms. The Hall–Kier alpha value is -0.500. The third-order valence-corrected chi connectivity index (χ3v) is 3.14. The monoisotopic (exact) mass is 254 g/mol. The van der Waals surface area contributed by atoms with Gasteiger partial charge in [-0.05, 0) is 43.9 Å². The van der Waals surface area contributed by atoms with Crippen molar-refractivity contribution in [3.05, 3.63) is 28.7 Å². The smallest absolute Gasteiger partial charge is 0.120 e. The molecule has 0 heterocycles. The summed E-state index contributed by atoms with van der Waals surface area (Å²) in [6.07, 6.45) is 6.88. The lowest BCUT2D eigenvalue weighted by Gasteiger charge is -2.22. The first kappa shape index (κ1) is 10.0. The lowest BCUT2D eigenvalue weighted by Crippen LogP contribution is -2.19. The minimum atomic E-state index is 0.443. The summed E-state index contributed by atoms with van der Waals surface area (Å²) in [5, 5.41) is 0. The van der Waals surface area contributed by atoms with Crippen LogP contribution in [0.1, 0.15) is 32.1 Å². The van der Waals surface area contributed by atoms with Crippen LogP contribution in [0.2, 0.25) is 0 Å². The van der Waals surface area contributed by atoms with E-state index < -0.39 is 0 Å². The van der Waals surface area contributed by atoms with E-state index in [0.717, 1.165) is 10.2 Å². The van der Waals surface area contributed by atoms with Crippen LogP contribution in [0.5, 0.6) is 5.75 Å². The van der Waals surface area contributed by atoms with Crippen LogP contribution in [0.3, 0.4) is 0 Å². The van der Waals surface area contributed by atoms with Crippen LogP contribution in [-0.4, -0.2) is 6.10 Å². The molecule has 1 saturated carbocycles.